The summed E-state index contributed by atoms with van der Waals surface area (Å²) in [7, 11) is 0. The normalized spacial score (nSPS) is 18.8. The highest BCUT2D eigenvalue weighted by Crippen LogP contribution is 2.33. The molecular weight excluding hydrogens is 420 g/mol. The first-order valence-corrected chi connectivity index (χ1v) is 12.5. The van der Waals surface area contributed by atoms with Crippen LogP contribution in [-0.2, 0) is 24.2 Å². The maximum atomic E-state index is 13.1. The number of fused-ring (bicyclic) bond motifs is 2. The van der Waals surface area contributed by atoms with Crippen LogP contribution in [0.4, 0.5) is 5.69 Å². The zero-order valence-electron chi connectivity index (χ0n) is 18.5. The van der Waals surface area contributed by atoms with E-state index in [4.69, 9.17) is 0 Å². The quantitative estimate of drug-likeness (QED) is 0.612. The highest BCUT2D eigenvalue weighted by atomic mass is 32.1. The number of thiazole rings is 1. The summed E-state index contributed by atoms with van der Waals surface area (Å²) >= 11 is 1.67. The molecule has 8 heteroatoms. The van der Waals surface area contributed by atoms with Crippen LogP contribution >= 0.6 is 11.3 Å². The molecule has 166 valence electrons. The number of rotatable bonds is 4. The number of hydrogen-bond acceptors (Lipinski definition) is 6. The molecular formula is C24H28N6OS. The van der Waals surface area contributed by atoms with E-state index in [1.165, 1.54) is 17.8 Å². The molecule has 7 nitrogen and oxygen atoms in total. The minimum atomic E-state index is 0.211. The number of benzene rings is 1. The van der Waals surface area contributed by atoms with Crippen LogP contribution in [-0.4, -0.2) is 56.7 Å². The molecule has 0 radical (unpaired) electrons. The van der Waals surface area contributed by atoms with Gasteiger partial charge < -0.3 is 9.47 Å². The second-order valence-electron chi connectivity index (χ2n) is 9.17. The standard InChI is InChI=1S/C24H28N6OS/c1-16-25-20(15-32-16)18-4-5-21-19(13-18)8-12-29(21)23(31)14-28-10-6-17(7-11-28)24-27-26-22-3-2-9-30(22)24/h4-5,13,15,17H,2-3,6-12,14H2,1H3. The molecule has 0 spiro atoms. The summed E-state index contributed by atoms with van der Waals surface area (Å²) in [5.74, 6) is 3.00. The van der Waals surface area contributed by atoms with Crippen molar-refractivity contribution in [3.8, 4) is 11.3 Å². The van der Waals surface area contributed by atoms with Gasteiger partial charge in [-0.25, -0.2) is 4.98 Å². The fourth-order valence-electron chi connectivity index (χ4n) is 5.42. The molecule has 32 heavy (non-hydrogen) atoms. The van der Waals surface area contributed by atoms with Crippen molar-refractivity contribution < 1.29 is 4.79 Å². The number of piperidine rings is 1. The molecule has 0 aliphatic carbocycles. The van der Waals surface area contributed by atoms with Gasteiger partial charge in [-0.05, 0) is 63.4 Å². The van der Waals surface area contributed by atoms with Crippen LogP contribution in [0, 0.1) is 6.92 Å². The lowest BCUT2D eigenvalue weighted by atomic mass is 9.96. The van der Waals surface area contributed by atoms with E-state index in [0.717, 1.165) is 79.6 Å². The third-order valence-corrected chi connectivity index (χ3v) is 7.91. The topological polar surface area (TPSA) is 67.2 Å². The monoisotopic (exact) mass is 448 g/mol. The molecule has 1 aromatic carbocycles. The molecule has 2 aromatic heterocycles. The summed E-state index contributed by atoms with van der Waals surface area (Å²) in [6, 6.07) is 6.41. The highest BCUT2D eigenvalue weighted by molar-refractivity contribution is 7.09. The minimum absolute atomic E-state index is 0.211. The van der Waals surface area contributed by atoms with Gasteiger partial charge in [-0.3, -0.25) is 9.69 Å². The van der Waals surface area contributed by atoms with Crippen molar-refractivity contribution in [2.45, 2.75) is 51.5 Å². The van der Waals surface area contributed by atoms with Crippen LogP contribution in [0.5, 0.6) is 0 Å². The van der Waals surface area contributed by atoms with Crippen LogP contribution < -0.4 is 4.90 Å². The predicted octanol–water partition coefficient (Wildman–Crippen LogP) is 3.42. The first-order chi connectivity index (χ1) is 15.7. The van der Waals surface area contributed by atoms with Crippen molar-refractivity contribution in [1.82, 2.24) is 24.6 Å². The van der Waals surface area contributed by atoms with Gasteiger partial charge in [0.1, 0.15) is 11.6 Å². The minimum Gasteiger partial charge on any atom is -0.315 e. The summed E-state index contributed by atoms with van der Waals surface area (Å²) in [6.45, 7) is 6.26. The summed E-state index contributed by atoms with van der Waals surface area (Å²) < 4.78 is 2.33. The van der Waals surface area contributed by atoms with Gasteiger partial charge >= 0.3 is 0 Å². The predicted molar refractivity (Wildman–Crippen MR) is 125 cm³/mol. The molecule has 0 unspecified atom stereocenters. The number of aryl methyl sites for hydroxylation is 2. The summed E-state index contributed by atoms with van der Waals surface area (Å²) in [5.41, 5.74) is 4.49. The van der Waals surface area contributed by atoms with Gasteiger partial charge in [-0.1, -0.05) is 6.07 Å². The van der Waals surface area contributed by atoms with Crippen LogP contribution in [0.25, 0.3) is 11.3 Å². The third-order valence-electron chi connectivity index (χ3n) is 7.14. The largest absolute Gasteiger partial charge is 0.315 e. The van der Waals surface area contributed by atoms with Gasteiger partial charge in [0.05, 0.1) is 17.2 Å². The maximum Gasteiger partial charge on any atom is 0.241 e. The van der Waals surface area contributed by atoms with Crippen molar-refractivity contribution in [2.75, 3.05) is 31.1 Å². The second kappa shape index (κ2) is 8.08. The SMILES string of the molecule is Cc1nc(-c2ccc3c(c2)CCN3C(=O)CN2CCC(c3nnc4n3CCC4)CC2)cs1. The van der Waals surface area contributed by atoms with E-state index in [9.17, 15) is 4.79 Å². The molecule has 0 atom stereocenters. The van der Waals surface area contributed by atoms with Gasteiger partial charge in [0.2, 0.25) is 5.91 Å². The van der Waals surface area contributed by atoms with Crippen LogP contribution in [0.1, 0.15) is 47.4 Å². The van der Waals surface area contributed by atoms with E-state index in [1.54, 1.807) is 11.3 Å². The number of carbonyl (C=O) groups excluding carboxylic acids is 1. The summed E-state index contributed by atoms with van der Waals surface area (Å²) in [5, 5.41) is 12.0. The van der Waals surface area contributed by atoms with Crippen LogP contribution in [0.2, 0.25) is 0 Å². The van der Waals surface area contributed by atoms with E-state index < -0.39 is 0 Å². The Bertz CT molecular complexity index is 1160. The molecule has 6 rings (SSSR count). The molecule has 0 N–H and O–H groups in total. The van der Waals surface area contributed by atoms with Gasteiger partial charge in [-0.2, -0.15) is 0 Å². The molecule has 1 amide bonds. The fourth-order valence-corrected chi connectivity index (χ4v) is 6.04. The van der Waals surface area contributed by atoms with Crippen LogP contribution in [0.15, 0.2) is 23.6 Å². The number of aromatic nitrogens is 4. The lowest BCUT2D eigenvalue weighted by molar-refractivity contribution is -0.119. The molecule has 3 aliphatic heterocycles. The molecule has 0 saturated carbocycles. The van der Waals surface area contributed by atoms with Gasteiger partial charge in [0.15, 0.2) is 0 Å². The number of amides is 1. The first-order valence-electron chi connectivity index (χ1n) is 11.7. The van der Waals surface area contributed by atoms with Gasteiger partial charge in [-0.15, -0.1) is 21.5 Å². The van der Waals surface area contributed by atoms with E-state index in [0.29, 0.717) is 12.5 Å². The molecule has 1 fully saturated rings. The number of carbonyl (C=O) groups is 1. The lowest BCUT2D eigenvalue weighted by Gasteiger charge is -2.32. The second-order valence-corrected chi connectivity index (χ2v) is 10.2. The molecule has 3 aliphatic rings. The Hall–Kier alpha value is -2.58. The smallest absolute Gasteiger partial charge is 0.241 e. The highest BCUT2D eigenvalue weighted by Gasteiger charge is 2.30. The number of likely N-dealkylation sites (tertiary alicyclic amines) is 1. The van der Waals surface area contributed by atoms with E-state index in [-0.39, 0.29) is 5.91 Å². The molecule has 0 bridgehead atoms. The van der Waals surface area contributed by atoms with E-state index >= 15 is 0 Å². The Morgan fingerprint density at radius 2 is 2.00 bits per heavy atom. The zero-order chi connectivity index (χ0) is 21.7. The molecule has 5 heterocycles. The number of nitrogens with zero attached hydrogens (tertiary/aromatic N) is 6. The molecule has 3 aromatic rings. The van der Waals surface area contributed by atoms with Crippen molar-refractivity contribution in [3.63, 3.8) is 0 Å². The average molecular weight is 449 g/mol. The number of hydrogen-bond donors (Lipinski definition) is 0. The van der Waals surface area contributed by atoms with Crippen molar-refractivity contribution in [3.05, 3.63) is 45.8 Å². The fraction of sp³-hybridized carbons (Fsp3) is 0.500. The summed E-state index contributed by atoms with van der Waals surface area (Å²) in [4.78, 5) is 22.0. The van der Waals surface area contributed by atoms with E-state index in [2.05, 4.69) is 48.2 Å². The summed E-state index contributed by atoms with van der Waals surface area (Å²) in [6.07, 6.45) is 5.27. The van der Waals surface area contributed by atoms with Gasteiger partial charge in [0, 0.05) is 42.1 Å². The van der Waals surface area contributed by atoms with Crippen LogP contribution in [0.3, 0.4) is 0 Å². The number of anilines is 1. The van der Waals surface area contributed by atoms with E-state index in [1.807, 2.05) is 11.8 Å². The molecule has 1 saturated heterocycles. The zero-order valence-corrected chi connectivity index (χ0v) is 19.3. The maximum absolute atomic E-state index is 13.1. The third kappa shape index (κ3) is 3.55. The van der Waals surface area contributed by atoms with Crippen molar-refractivity contribution in [1.29, 1.82) is 0 Å². The Kier molecular flexibility index (Phi) is 5.07. The van der Waals surface area contributed by atoms with Crippen molar-refractivity contribution in [2.24, 2.45) is 0 Å². The average Bonchev–Trinajstić information content (AvgIpc) is 3.58. The Balaban J connectivity index is 1.08. The Morgan fingerprint density at radius 1 is 1.12 bits per heavy atom. The van der Waals surface area contributed by atoms with Crippen molar-refractivity contribution >= 4 is 22.9 Å². The van der Waals surface area contributed by atoms with Gasteiger partial charge in [0.25, 0.3) is 0 Å². The Labute approximate surface area is 192 Å². The lowest BCUT2D eigenvalue weighted by Crippen LogP contribution is -2.43. The Morgan fingerprint density at radius 3 is 2.81 bits per heavy atom. The first kappa shape index (κ1) is 20.1.